The molecule has 2 aromatic heterocycles. The Hall–Kier alpha value is -2.63. The molecule has 0 aliphatic rings. The molecule has 0 fully saturated rings. The Kier molecular flexibility index (Phi) is 3.59. The van der Waals surface area contributed by atoms with E-state index in [4.69, 9.17) is 5.26 Å². The van der Waals surface area contributed by atoms with Crippen molar-refractivity contribution >= 4 is 59.9 Å². The maximum atomic E-state index is 13.3. The van der Waals surface area contributed by atoms with Gasteiger partial charge in [-0.25, -0.2) is 19.3 Å². The van der Waals surface area contributed by atoms with Crippen LogP contribution in [0.15, 0.2) is 41.1 Å². The molecule has 0 saturated carbocycles. The van der Waals surface area contributed by atoms with Crippen LogP contribution in [-0.4, -0.2) is 15.0 Å². The second-order valence-corrected chi connectivity index (χ2v) is 6.76. The van der Waals surface area contributed by atoms with Crippen LogP contribution in [0.1, 0.15) is 5.01 Å². The molecule has 0 aliphatic carbocycles. The predicted molar refractivity (Wildman–Crippen MR) is 94.8 cm³/mol. The van der Waals surface area contributed by atoms with Crippen LogP contribution in [0, 0.1) is 17.1 Å². The van der Waals surface area contributed by atoms with Gasteiger partial charge in [-0.15, -0.1) is 11.3 Å². The van der Waals surface area contributed by atoms with E-state index in [1.165, 1.54) is 29.8 Å². The van der Waals surface area contributed by atoms with Crippen LogP contribution in [0.5, 0.6) is 0 Å². The molecule has 2 aromatic carbocycles. The number of benzene rings is 2. The summed E-state index contributed by atoms with van der Waals surface area (Å²) in [6.45, 7) is 0. The molecule has 0 bridgehead atoms. The van der Waals surface area contributed by atoms with E-state index in [-0.39, 0.29) is 5.82 Å². The molecule has 4 rings (SSSR count). The van der Waals surface area contributed by atoms with Crippen LogP contribution < -0.4 is 5.32 Å². The summed E-state index contributed by atoms with van der Waals surface area (Å²) in [5, 5.41) is 13.4. The highest BCUT2D eigenvalue weighted by Crippen LogP contribution is 2.35. The first-order valence-corrected chi connectivity index (χ1v) is 8.43. The highest BCUT2D eigenvalue weighted by Gasteiger charge is 2.13. The van der Waals surface area contributed by atoms with Gasteiger partial charge in [0.1, 0.15) is 24.0 Å². The van der Waals surface area contributed by atoms with Crippen LogP contribution in [0.3, 0.4) is 0 Å². The number of nitriles is 1. The van der Waals surface area contributed by atoms with Gasteiger partial charge in [0.15, 0.2) is 5.01 Å². The SMILES string of the molecule is N#Cc1nc2ccc3ncnc(Nc4ccc(F)cc4Br)c3c2s1. The Labute approximate surface area is 147 Å². The van der Waals surface area contributed by atoms with E-state index in [2.05, 4.69) is 42.3 Å². The Balaban J connectivity index is 1.94. The first-order valence-electron chi connectivity index (χ1n) is 6.82. The number of halogens is 2. The lowest BCUT2D eigenvalue weighted by atomic mass is 10.2. The van der Waals surface area contributed by atoms with Crippen molar-refractivity contribution in [3.8, 4) is 6.07 Å². The van der Waals surface area contributed by atoms with Crippen molar-refractivity contribution in [2.45, 2.75) is 0 Å². The monoisotopic (exact) mass is 399 g/mol. The molecule has 8 heteroatoms. The maximum Gasteiger partial charge on any atom is 0.195 e. The molecule has 0 saturated heterocycles. The smallest absolute Gasteiger partial charge is 0.195 e. The second kappa shape index (κ2) is 5.78. The van der Waals surface area contributed by atoms with Gasteiger partial charge in [-0.05, 0) is 46.3 Å². The summed E-state index contributed by atoms with van der Waals surface area (Å²) >= 11 is 4.63. The molecular formula is C16H7BrFN5S. The van der Waals surface area contributed by atoms with Crippen molar-refractivity contribution in [3.63, 3.8) is 0 Å². The Morgan fingerprint density at radius 2 is 2.00 bits per heavy atom. The number of hydrogen-bond acceptors (Lipinski definition) is 6. The third kappa shape index (κ3) is 2.48. The summed E-state index contributed by atoms with van der Waals surface area (Å²) in [5.41, 5.74) is 2.14. The first kappa shape index (κ1) is 14.9. The van der Waals surface area contributed by atoms with Gasteiger partial charge in [0.05, 0.1) is 26.8 Å². The van der Waals surface area contributed by atoms with Crippen LogP contribution >= 0.6 is 27.3 Å². The molecule has 4 aromatic rings. The highest BCUT2D eigenvalue weighted by molar-refractivity contribution is 9.10. The zero-order valence-corrected chi connectivity index (χ0v) is 14.3. The number of nitrogens with one attached hydrogen (secondary N) is 1. The van der Waals surface area contributed by atoms with E-state index < -0.39 is 0 Å². The Morgan fingerprint density at radius 1 is 1.17 bits per heavy atom. The molecular weight excluding hydrogens is 393 g/mol. The predicted octanol–water partition coefficient (Wildman–Crippen LogP) is 4.76. The molecule has 0 radical (unpaired) electrons. The molecule has 5 nitrogen and oxygen atoms in total. The normalized spacial score (nSPS) is 10.9. The van der Waals surface area contributed by atoms with Crippen molar-refractivity contribution in [3.05, 3.63) is 52.0 Å². The van der Waals surface area contributed by atoms with E-state index >= 15 is 0 Å². The van der Waals surface area contributed by atoms with Crippen molar-refractivity contribution in [1.82, 2.24) is 15.0 Å². The molecule has 2 heterocycles. The molecule has 0 atom stereocenters. The van der Waals surface area contributed by atoms with Gasteiger partial charge < -0.3 is 5.32 Å². The minimum atomic E-state index is -0.330. The topological polar surface area (TPSA) is 74.5 Å². The molecule has 24 heavy (non-hydrogen) atoms. The highest BCUT2D eigenvalue weighted by atomic mass is 79.9. The summed E-state index contributed by atoms with van der Waals surface area (Å²) < 4.78 is 14.7. The number of thiazole rings is 1. The fourth-order valence-corrected chi connectivity index (χ4v) is 3.75. The fraction of sp³-hybridized carbons (Fsp3) is 0. The van der Waals surface area contributed by atoms with Gasteiger partial charge >= 0.3 is 0 Å². The summed E-state index contributed by atoms with van der Waals surface area (Å²) in [5.74, 6) is 0.245. The maximum absolute atomic E-state index is 13.3. The largest absolute Gasteiger partial charge is 0.339 e. The van der Waals surface area contributed by atoms with Gasteiger partial charge in [-0.1, -0.05) is 0 Å². The first-order chi connectivity index (χ1) is 11.7. The third-order valence-corrected chi connectivity index (χ3v) is 5.09. The third-order valence-electron chi connectivity index (χ3n) is 3.44. The van der Waals surface area contributed by atoms with Gasteiger partial charge in [0.2, 0.25) is 0 Å². The summed E-state index contributed by atoms with van der Waals surface area (Å²) in [6.07, 6.45) is 1.46. The summed E-state index contributed by atoms with van der Waals surface area (Å²) in [6, 6.07) is 10.1. The van der Waals surface area contributed by atoms with Crippen molar-refractivity contribution < 1.29 is 4.39 Å². The Morgan fingerprint density at radius 3 is 2.79 bits per heavy atom. The number of fused-ring (bicyclic) bond motifs is 3. The van der Waals surface area contributed by atoms with Crippen molar-refractivity contribution in [1.29, 1.82) is 5.26 Å². The molecule has 1 N–H and O–H groups in total. The molecule has 0 unspecified atom stereocenters. The minimum absolute atomic E-state index is 0.330. The minimum Gasteiger partial charge on any atom is -0.339 e. The van der Waals surface area contributed by atoms with E-state index in [9.17, 15) is 4.39 Å². The summed E-state index contributed by atoms with van der Waals surface area (Å²) in [4.78, 5) is 12.9. The average Bonchev–Trinajstić information content (AvgIpc) is 3.01. The quantitative estimate of drug-likeness (QED) is 0.525. The average molecular weight is 400 g/mol. The van der Waals surface area contributed by atoms with E-state index in [1.54, 1.807) is 6.07 Å². The Bertz CT molecular complexity index is 1130. The number of aromatic nitrogens is 3. The van der Waals surface area contributed by atoms with Crippen LogP contribution in [0.2, 0.25) is 0 Å². The number of hydrogen-bond donors (Lipinski definition) is 1. The van der Waals surface area contributed by atoms with Crippen LogP contribution in [0.25, 0.3) is 21.1 Å². The van der Waals surface area contributed by atoms with Gasteiger partial charge in [0, 0.05) is 4.47 Å². The van der Waals surface area contributed by atoms with E-state index in [0.717, 1.165) is 21.1 Å². The standard InChI is InChI=1S/C16H7BrFN5S/c17-9-5-8(18)1-2-10(9)23-16-14-11(20-7-21-16)3-4-12-15(14)24-13(6-19)22-12/h1-5,7H,(H,20,21,23). The molecule has 0 amide bonds. The number of rotatable bonds is 2. The molecule has 0 spiro atoms. The van der Waals surface area contributed by atoms with Gasteiger partial charge in [-0.3, -0.25) is 0 Å². The fourth-order valence-electron chi connectivity index (χ4n) is 2.39. The lowest BCUT2D eigenvalue weighted by molar-refractivity contribution is 0.627. The van der Waals surface area contributed by atoms with Crippen LogP contribution in [-0.2, 0) is 0 Å². The zero-order valence-electron chi connectivity index (χ0n) is 11.9. The van der Waals surface area contributed by atoms with Crippen molar-refractivity contribution in [2.75, 3.05) is 5.32 Å². The van der Waals surface area contributed by atoms with Crippen molar-refractivity contribution in [2.24, 2.45) is 0 Å². The second-order valence-electron chi connectivity index (χ2n) is 4.91. The molecule has 0 aliphatic heterocycles. The number of nitrogens with zero attached hydrogens (tertiary/aromatic N) is 4. The lowest BCUT2D eigenvalue weighted by Gasteiger charge is -2.10. The van der Waals surface area contributed by atoms with Gasteiger partial charge in [0.25, 0.3) is 0 Å². The van der Waals surface area contributed by atoms with E-state index in [1.807, 2.05) is 12.1 Å². The molecule has 116 valence electrons. The number of anilines is 2. The van der Waals surface area contributed by atoms with Gasteiger partial charge in [-0.2, -0.15) is 5.26 Å². The zero-order chi connectivity index (χ0) is 16.7. The summed E-state index contributed by atoms with van der Waals surface area (Å²) in [7, 11) is 0. The lowest BCUT2D eigenvalue weighted by Crippen LogP contribution is -1.97. The van der Waals surface area contributed by atoms with Crippen LogP contribution in [0.4, 0.5) is 15.9 Å². The van der Waals surface area contributed by atoms with E-state index in [0.29, 0.717) is 21.0 Å².